The number of carbonyl (C=O) groups excluding carboxylic acids is 1. The van der Waals surface area contributed by atoms with Crippen LogP contribution < -0.4 is 5.32 Å². The predicted molar refractivity (Wildman–Crippen MR) is 131 cm³/mol. The topological polar surface area (TPSA) is 79.0 Å². The van der Waals surface area contributed by atoms with Crippen LogP contribution in [0.3, 0.4) is 0 Å². The van der Waals surface area contributed by atoms with Crippen molar-refractivity contribution in [3.63, 3.8) is 0 Å². The molecule has 1 amide bonds. The molecule has 0 aliphatic carbocycles. The molecule has 0 spiro atoms. The highest BCUT2D eigenvalue weighted by Crippen LogP contribution is 2.22. The minimum absolute atomic E-state index is 0.0456. The summed E-state index contributed by atoms with van der Waals surface area (Å²) in [6, 6.07) is 7.37. The molecule has 2 saturated heterocycles. The van der Waals surface area contributed by atoms with E-state index in [1.165, 1.54) is 0 Å². The Morgan fingerprint density at radius 3 is 2.24 bits per heavy atom. The Hall–Kier alpha value is -1.48. The number of hydrogen-bond acceptors (Lipinski definition) is 5. The molecule has 0 bridgehead atoms. The van der Waals surface area contributed by atoms with Gasteiger partial charge in [0.15, 0.2) is 0 Å². The summed E-state index contributed by atoms with van der Waals surface area (Å²) >= 11 is 0. The molecule has 0 saturated carbocycles. The van der Waals surface area contributed by atoms with E-state index in [0.717, 1.165) is 64.0 Å². The van der Waals surface area contributed by atoms with E-state index < -0.39 is 10.0 Å². The molecule has 7 nitrogen and oxygen atoms in total. The van der Waals surface area contributed by atoms with Gasteiger partial charge in [-0.15, -0.1) is 0 Å². The van der Waals surface area contributed by atoms with Crippen molar-refractivity contribution in [1.29, 1.82) is 0 Å². The normalized spacial score (nSPS) is 19.5. The highest BCUT2D eigenvalue weighted by Gasteiger charge is 2.28. The van der Waals surface area contributed by atoms with Crippen LogP contribution in [0.15, 0.2) is 29.2 Å². The summed E-state index contributed by atoms with van der Waals surface area (Å²) < 4.78 is 32.7. The Bertz CT molecular complexity index is 828. The van der Waals surface area contributed by atoms with Gasteiger partial charge in [-0.2, -0.15) is 4.31 Å². The van der Waals surface area contributed by atoms with E-state index in [2.05, 4.69) is 24.1 Å². The van der Waals surface area contributed by atoms with Crippen molar-refractivity contribution in [2.75, 3.05) is 45.9 Å². The smallest absolute Gasteiger partial charge is 0.243 e. The van der Waals surface area contributed by atoms with Crippen molar-refractivity contribution >= 4 is 15.9 Å². The molecule has 3 rings (SSSR count). The molecule has 2 aliphatic heterocycles. The zero-order valence-electron chi connectivity index (χ0n) is 20.3. The Labute approximate surface area is 199 Å². The van der Waals surface area contributed by atoms with Gasteiger partial charge in [0, 0.05) is 45.2 Å². The summed E-state index contributed by atoms with van der Waals surface area (Å²) in [4.78, 5) is 15.4. The number of nitrogens with zero attached hydrogens (tertiary/aromatic N) is 2. The summed E-state index contributed by atoms with van der Waals surface area (Å²) in [6.07, 6.45) is 6.14. The number of piperidine rings is 1. The van der Waals surface area contributed by atoms with Crippen molar-refractivity contribution in [1.82, 2.24) is 14.5 Å². The van der Waals surface area contributed by atoms with E-state index in [1.807, 2.05) is 12.1 Å². The molecule has 186 valence electrons. The molecule has 1 unspecified atom stereocenters. The lowest BCUT2D eigenvalue weighted by Crippen LogP contribution is -2.52. The monoisotopic (exact) mass is 479 g/mol. The first-order valence-corrected chi connectivity index (χ1v) is 14.1. The minimum Gasteiger partial charge on any atom is -0.379 e. The van der Waals surface area contributed by atoms with Crippen LogP contribution in [-0.4, -0.2) is 75.5 Å². The summed E-state index contributed by atoms with van der Waals surface area (Å²) in [5.74, 6) is 0.599. The summed E-state index contributed by atoms with van der Waals surface area (Å²) in [5, 5.41) is 3.15. The number of ether oxygens (including phenoxy) is 1. The quantitative estimate of drug-likeness (QED) is 0.528. The van der Waals surface area contributed by atoms with Crippen LogP contribution in [0, 0.1) is 5.92 Å². The van der Waals surface area contributed by atoms with Crippen molar-refractivity contribution < 1.29 is 17.9 Å². The lowest BCUT2D eigenvalue weighted by atomic mass is 9.92. The molecule has 1 aromatic rings. The zero-order chi connectivity index (χ0) is 23.7. The van der Waals surface area contributed by atoms with Gasteiger partial charge in [-0.25, -0.2) is 8.42 Å². The average Bonchev–Trinajstić information content (AvgIpc) is 2.86. The van der Waals surface area contributed by atoms with E-state index in [4.69, 9.17) is 4.74 Å². The Balaban J connectivity index is 1.50. The number of amides is 1. The number of nitrogens with one attached hydrogen (secondary N) is 1. The van der Waals surface area contributed by atoms with Crippen molar-refractivity contribution in [2.24, 2.45) is 5.92 Å². The Kier molecular flexibility index (Phi) is 10.2. The van der Waals surface area contributed by atoms with Crippen molar-refractivity contribution in [2.45, 2.75) is 69.7 Å². The lowest BCUT2D eigenvalue weighted by molar-refractivity contribution is -0.121. The van der Waals surface area contributed by atoms with E-state index in [-0.39, 0.29) is 5.91 Å². The van der Waals surface area contributed by atoms with Gasteiger partial charge >= 0.3 is 0 Å². The summed E-state index contributed by atoms with van der Waals surface area (Å²) in [5.41, 5.74) is 0.979. The van der Waals surface area contributed by atoms with E-state index in [9.17, 15) is 13.2 Å². The van der Waals surface area contributed by atoms with Gasteiger partial charge in [0.1, 0.15) is 0 Å². The van der Waals surface area contributed by atoms with Gasteiger partial charge in [0.05, 0.1) is 18.1 Å². The SMILES string of the molecule is CCC(CC)C(CNC(=O)CCc1ccc(S(=O)(=O)N2CCCCC2)cc1)N1CCOCC1. The molecule has 1 aromatic carbocycles. The summed E-state index contributed by atoms with van der Waals surface area (Å²) in [6.45, 7) is 9.67. The van der Waals surface area contributed by atoms with Gasteiger partial charge in [-0.3, -0.25) is 9.69 Å². The largest absolute Gasteiger partial charge is 0.379 e. The number of benzene rings is 1. The third kappa shape index (κ3) is 7.25. The van der Waals surface area contributed by atoms with Crippen LogP contribution in [0.2, 0.25) is 0 Å². The van der Waals surface area contributed by atoms with Crippen LogP contribution in [0.5, 0.6) is 0 Å². The molecule has 2 fully saturated rings. The van der Waals surface area contributed by atoms with Crippen molar-refractivity contribution in [3.05, 3.63) is 29.8 Å². The van der Waals surface area contributed by atoms with Crippen LogP contribution in [0.1, 0.15) is 57.9 Å². The average molecular weight is 480 g/mol. The first kappa shape index (κ1) is 26.1. The number of hydrogen-bond donors (Lipinski definition) is 1. The predicted octanol–water partition coefficient (Wildman–Crippen LogP) is 3.05. The molecule has 2 aliphatic rings. The fourth-order valence-electron chi connectivity index (χ4n) is 4.98. The van der Waals surface area contributed by atoms with E-state index >= 15 is 0 Å². The second-order valence-electron chi connectivity index (χ2n) is 9.21. The van der Waals surface area contributed by atoms with Gasteiger partial charge in [-0.1, -0.05) is 45.2 Å². The molecule has 0 aromatic heterocycles. The fourth-order valence-corrected chi connectivity index (χ4v) is 6.50. The third-order valence-electron chi connectivity index (χ3n) is 7.13. The first-order chi connectivity index (χ1) is 16.0. The number of aryl methyl sites for hydroxylation is 1. The summed E-state index contributed by atoms with van der Waals surface area (Å²) in [7, 11) is -3.41. The van der Waals surface area contributed by atoms with Crippen LogP contribution in [0.25, 0.3) is 0 Å². The molecule has 1 N–H and O–H groups in total. The molecule has 2 heterocycles. The number of rotatable bonds is 11. The van der Waals surface area contributed by atoms with Crippen LogP contribution >= 0.6 is 0 Å². The fraction of sp³-hybridized carbons (Fsp3) is 0.720. The van der Waals surface area contributed by atoms with E-state index in [0.29, 0.717) is 49.3 Å². The highest BCUT2D eigenvalue weighted by molar-refractivity contribution is 7.89. The molecular formula is C25H41N3O4S. The van der Waals surface area contributed by atoms with Gasteiger partial charge in [0.25, 0.3) is 0 Å². The second kappa shape index (κ2) is 12.8. The molecule has 0 radical (unpaired) electrons. The second-order valence-corrected chi connectivity index (χ2v) is 11.1. The van der Waals surface area contributed by atoms with Crippen LogP contribution in [0.4, 0.5) is 0 Å². The maximum Gasteiger partial charge on any atom is 0.243 e. The minimum atomic E-state index is -3.41. The van der Waals surface area contributed by atoms with Gasteiger partial charge in [-0.05, 0) is 42.9 Å². The van der Waals surface area contributed by atoms with Gasteiger partial charge < -0.3 is 10.1 Å². The third-order valence-corrected chi connectivity index (χ3v) is 9.05. The number of carbonyl (C=O) groups is 1. The molecule has 8 heteroatoms. The molecule has 1 atom stereocenters. The first-order valence-electron chi connectivity index (χ1n) is 12.6. The molecule has 33 heavy (non-hydrogen) atoms. The zero-order valence-corrected chi connectivity index (χ0v) is 21.1. The standard InChI is InChI=1S/C25H41N3O4S/c1-3-22(4-2)24(27-16-18-32-19-17-27)20-26-25(29)13-10-21-8-11-23(12-9-21)33(30,31)28-14-6-5-7-15-28/h8-9,11-12,22,24H,3-7,10,13-20H2,1-2H3,(H,26,29). The van der Waals surface area contributed by atoms with Gasteiger partial charge in [0.2, 0.25) is 15.9 Å². The maximum atomic E-state index is 12.8. The lowest BCUT2D eigenvalue weighted by Gasteiger charge is -2.38. The van der Waals surface area contributed by atoms with E-state index in [1.54, 1.807) is 16.4 Å². The number of morpholine rings is 1. The van der Waals surface area contributed by atoms with Crippen molar-refractivity contribution in [3.8, 4) is 0 Å². The highest BCUT2D eigenvalue weighted by atomic mass is 32.2. The molecular weight excluding hydrogens is 438 g/mol. The maximum absolute atomic E-state index is 12.8. The Morgan fingerprint density at radius 2 is 1.64 bits per heavy atom. The van der Waals surface area contributed by atoms with Crippen LogP contribution in [-0.2, 0) is 26.0 Å². The Morgan fingerprint density at radius 1 is 1.00 bits per heavy atom. The number of sulfonamides is 1.